The number of pyridine rings is 1. The largest absolute Gasteiger partial charge is 0.481 e. The van der Waals surface area contributed by atoms with E-state index in [1.807, 2.05) is 0 Å². The zero-order valence-corrected chi connectivity index (χ0v) is 10.1. The number of nitrogens with two attached hydrogens (primary N) is 1. The van der Waals surface area contributed by atoms with Gasteiger partial charge in [0, 0.05) is 5.56 Å². The molecule has 0 aliphatic rings. The van der Waals surface area contributed by atoms with Crippen molar-refractivity contribution >= 4 is 5.69 Å². The van der Waals surface area contributed by atoms with Crippen LogP contribution in [0.5, 0.6) is 5.88 Å². The number of nitrogens with zero attached hydrogens (tertiary/aromatic N) is 1. The molecule has 1 aromatic rings. The van der Waals surface area contributed by atoms with Gasteiger partial charge in [-0.05, 0) is 26.1 Å². The molecule has 0 aliphatic heterocycles. The summed E-state index contributed by atoms with van der Waals surface area (Å²) < 4.78 is 5.02. The molecule has 0 spiro atoms. The molecular weight excluding hydrogens is 222 g/mol. The first-order valence-electron chi connectivity index (χ1n) is 5.40. The molecule has 0 saturated heterocycles. The SMILES string of the molecule is CNCCC(O)C(O)c1cc(N)cnc1OC. The van der Waals surface area contributed by atoms with Crippen molar-refractivity contribution in [2.45, 2.75) is 18.6 Å². The second-order valence-corrected chi connectivity index (χ2v) is 3.77. The maximum absolute atomic E-state index is 10.00. The number of ether oxygens (including phenoxy) is 1. The number of rotatable bonds is 6. The van der Waals surface area contributed by atoms with E-state index in [1.165, 1.54) is 13.3 Å². The van der Waals surface area contributed by atoms with Gasteiger partial charge < -0.3 is 26.0 Å². The highest BCUT2D eigenvalue weighted by Crippen LogP contribution is 2.27. The fourth-order valence-corrected chi connectivity index (χ4v) is 1.53. The summed E-state index contributed by atoms with van der Waals surface area (Å²) in [6, 6.07) is 1.55. The van der Waals surface area contributed by atoms with Crippen molar-refractivity contribution in [1.29, 1.82) is 0 Å². The smallest absolute Gasteiger partial charge is 0.219 e. The summed E-state index contributed by atoms with van der Waals surface area (Å²) in [6.07, 6.45) is -0.0840. The van der Waals surface area contributed by atoms with E-state index in [9.17, 15) is 10.2 Å². The van der Waals surface area contributed by atoms with E-state index in [0.29, 0.717) is 24.2 Å². The summed E-state index contributed by atoms with van der Waals surface area (Å²) >= 11 is 0. The topological polar surface area (TPSA) is 101 Å². The predicted molar refractivity (Wildman–Crippen MR) is 64.7 cm³/mol. The lowest BCUT2D eigenvalue weighted by atomic mass is 10.0. The van der Waals surface area contributed by atoms with E-state index in [-0.39, 0.29) is 5.88 Å². The number of aliphatic hydroxyl groups is 2. The normalized spacial score (nSPS) is 14.4. The number of hydrogen-bond donors (Lipinski definition) is 4. The minimum Gasteiger partial charge on any atom is -0.481 e. The Kier molecular flexibility index (Phi) is 5.14. The molecule has 0 bridgehead atoms. The number of nitrogens with one attached hydrogen (secondary N) is 1. The highest BCUT2D eigenvalue weighted by molar-refractivity contribution is 5.43. The Morgan fingerprint density at radius 3 is 2.82 bits per heavy atom. The molecule has 5 N–H and O–H groups in total. The van der Waals surface area contributed by atoms with Crippen LogP contribution in [0.25, 0.3) is 0 Å². The maximum Gasteiger partial charge on any atom is 0.219 e. The van der Waals surface area contributed by atoms with Gasteiger partial charge >= 0.3 is 0 Å². The summed E-state index contributed by atoms with van der Waals surface area (Å²) in [4.78, 5) is 3.95. The minimum absolute atomic E-state index is 0.273. The number of anilines is 1. The lowest BCUT2D eigenvalue weighted by Gasteiger charge is -2.19. The van der Waals surface area contributed by atoms with Crippen LogP contribution in [0.15, 0.2) is 12.3 Å². The van der Waals surface area contributed by atoms with Gasteiger partial charge in [0.2, 0.25) is 5.88 Å². The van der Waals surface area contributed by atoms with Crippen LogP contribution in [0.1, 0.15) is 18.1 Å². The van der Waals surface area contributed by atoms with Crippen LogP contribution in [0.4, 0.5) is 5.69 Å². The zero-order chi connectivity index (χ0) is 12.8. The van der Waals surface area contributed by atoms with Gasteiger partial charge in [0.1, 0.15) is 6.10 Å². The first kappa shape index (κ1) is 13.7. The molecule has 0 aromatic carbocycles. The number of nitrogen functional groups attached to an aromatic ring is 1. The number of hydrogen-bond acceptors (Lipinski definition) is 6. The molecule has 0 radical (unpaired) electrons. The molecule has 0 saturated carbocycles. The molecule has 6 heteroatoms. The van der Waals surface area contributed by atoms with Gasteiger partial charge in [-0.1, -0.05) is 0 Å². The van der Waals surface area contributed by atoms with Gasteiger partial charge in [0.05, 0.1) is 25.1 Å². The highest BCUT2D eigenvalue weighted by atomic mass is 16.5. The zero-order valence-electron chi connectivity index (χ0n) is 10.1. The average Bonchev–Trinajstić information content (AvgIpc) is 2.34. The van der Waals surface area contributed by atoms with Crippen LogP contribution < -0.4 is 15.8 Å². The lowest BCUT2D eigenvalue weighted by molar-refractivity contribution is 0.0124. The van der Waals surface area contributed by atoms with Crippen LogP contribution in [0.3, 0.4) is 0 Å². The number of methoxy groups -OCH3 is 1. The molecule has 0 aliphatic carbocycles. The van der Waals surface area contributed by atoms with Gasteiger partial charge in [-0.3, -0.25) is 0 Å². The molecule has 6 nitrogen and oxygen atoms in total. The first-order chi connectivity index (χ1) is 8.10. The Morgan fingerprint density at radius 1 is 1.53 bits per heavy atom. The van der Waals surface area contributed by atoms with Crippen LogP contribution in [-0.4, -0.2) is 42.0 Å². The molecule has 0 amide bonds. The van der Waals surface area contributed by atoms with E-state index in [1.54, 1.807) is 13.1 Å². The second kappa shape index (κ2) is 6.39. The molecule has 1 aromatic heterocycles. The van der Waals surface area contributed by atoms with E-state index in [0.717, 1.165) is 0 Å². The van der Waals surface area contributed by atoms with E-state index in [4.69, 9.17) is 10.5 Å². The lowest BCUT2D eigenvalue weighted by Crippen LogP contribution is -2.24. The third kappa shape index (κ3) is 3.55. The van der Waals surface area contributed by atoms with Crippen molar-refractivity contribution in [3.05, 3.63) is 17.8 Å². The van der Waals surface area contributed by atoms with Gasteiger partial charge in [-0.15, -0.1) is 0 Å². The Labute approximate surface area is 100 Å². The summed E-state index contributed by atoms with van der Waals surface area (Å²) in [7, 11) is 3.23. The molecule has 2 atom stereocenters. The molecule has 1 rings (SSSR count). The Bertz CT molecular complexity index is 360. The van der Waals surface area contributed by atoms with Crippen molar-refractivity contribution in [3.8, 4) is 5.88 Å². The summed E-state index contributed by atoms with van der Waals surface area (Å²) in [5.41, 5.74) is 6.41. The maximum atomic E-state index is 10.00. The number of aliphatic hydroxyl groups excluding tert-OH is 2. The summed E-state index contributed by atoms with van der Waals surface area (Å²) in [6.45, 7) is 0.607. The van der Waals surface area contributed by atoms with E-state index < -0.39 is 12.2 Å². The molecule has 0 fully saturated rings. The molecule has 96 valence electrons. The molecule has 1 heterocycles. The summed E-state index contributed by atoms with van der Waals surface area (Å²) in [5, 5.41) is 22.7. The number of aromatic nitrogens is 1. The van der Waals surface area contributed by atoms with Gasteiger partial charge in [0.15, 0.2) is 0 Å². The fraction of sp³-hybridized carbons (Fsp3) is 0.545. The second-order valence-electron chi connectivity index (χ2n) is 3.77. The van der Waals surface area contributed by atoms with Crippen molar-refractivity contribution in [2.75, 3.05) is 26.4 Å². The van der Waals surface area contributed by atoms with Crippen molar-refractivity contribution in [3.63, 3.8) is 0 Å². The van der Waals surface area contributed by atoms with Crippen LogP contribution in [-0.2, 0) is 0 Å². The van der Waals surface area contributed by atoms with Gasteiger partial charge in [0.25, 0.3) is 0 Å². The third-order valence-corrected chi connectivity index (χ3v) is 2.47. The van der Waals surface area contributed by atoms with Crippen LogP contribution in [0, 0.1) is 0 Å². The van der Waals surface area contributed by atoms with Crippen LogP contribution >= 0.6 is 0 Å². The van der Waals surface area contributed by atoms with Crippen molar-refractivity contribution in [2.24, 2.45) is 0 Å². The quantitative estimate of drug-likeness (QED) is 0.544. The van der Waals surface area contributed by atoms with Crippen molar-refractivity contribution < 1.29 is 14.9 Å². The van der Waals surface area contributed by atoms with Crippen LogP contribution in [0.2, 0.25) is 0 Å². The fourth-order valence-electron chi connectivity index (χ4n) is 1.53. The molecule has 2 unspecified atom stereocenters. The highest BCUT2D eigenvalue weighted by Gasteiger charge is 2.22. The average molecular weight is 241 g/mol. The van der Waals surface area contributed by atoms with Gasteiger partial charge in [-0.2, -0.15) is 0 Å². The van der Waals surface area contributed by atoms with E-state index >= 15 is 0 Å². The Hall–Kier alpha value is -1.37. The van der Waals surface area contributed by atoms with Crippen molar-refractivity contribution in [1.82, 2.24) is 10.3 Å². The Morgan fingerprint density at radius 2 is 2.24 bits per heavy atom. The third-order valence-electron chi connectivity index (χ3n) is 2.47. The standard InChI is InChI=1S/C11H19N3O3/c1-13-4-3-9(15)10(16)8-5-7(12)6-14-11(8)17-2/h5-6,9-10,13,15-16H,3-4,12H2,1-2H3. The summed E-state index contributed by atoms with van der Waals surface area (Å²) in [5.74, 6) is 0.273. The molecular formula is C11H19N3O3. The van der Waals surface area contributed by atoms with Gasteiger partial charge in [-0.25, -0.2) is 4.98 Å². The Balaban J connectivity index is 2.86. The first-order valence-corrected chi connectivity index (χ1v) is 5.40. The molecule has 17 heavy (non-hydrogen) atoms. The predicted octanol–water partition coefficient (Wildman–Crippen LogP) is -0.324. The minimum atomic E-state index is -1.06. The van der Waals surface area contributed by atoms with E-state index in [2.05, 4.69) is 10.3 Å². The monoisotopic (exact) mass is 241 g/mol.